The van der Waals surface area contributed by atoms with Gasteiger partial charge >= 0.3 is 0 Å². The molecule has 130 valence electrons. The Bertz CT molecular complexity index is 840. The van der Waals surface area contributed by atoms with Crippen molar-refractivity contribution in [3.05, 3.63) is 42.5 Å². The molecule has 0 radical (unpaired) electrons. The summed E-state index contributed by atoms with van der Waals surface area (Å²) in [4.78, 5) is 16.8. The van der Waals surface area contributed by atoms with Gasteiger partial charge in [-0.3, -0.25) is 4.79 Å². The lowest BCUT2D eigenvalue weighted by atomic mass is 10.1. The van der Waals surface area contributed by atoms with Crippen LogP contribution in [0.3, 0.4) is 0 Å². The lowest BCUT2D eigenvalue weighted by molar-refractivity contribution is -0.116. The van der Waals surface area contributed by atoms with Crippen LogP contribution < -0.4 is 10.1 Å². The molecule has 0 atom stereocenters. The van der Waals surface area contributed by atoms with Crippen molar-refractivity contribution in [2.45, 2.75) is 32.6 Å². The molecule has 3 aromatic rings. The summed E-state index contributed by atoms with van der Waals surface area (Å²) in [5.41, 5.74) is 2.66. The van der Waals surface area contributed by atoms with Crippen molar-refractivity contribution in [3.63, 3.8) is 0 Å². The van der Waals surface area contributed by atoms with Crippen LogP contribution in [0.5, 0.6) is 5.75 Å². The standard InChI is InChI=1S/C20H22N2O2S/c1-3-4-5-10-19(23)21-16-13-14(11-12-17(16)24-2)20-22-15-8-6-7-9-18(15)25-20/h6-9,11-13H,3-5,10H2,1-2H3,(H,21,23). The van der Waals surface area contributed by atoms with Gasteiger partial charge in [0.15, 0.2) is 0 Å². The summed E-state index contributed by atoms with van der Waals surface area (Å²) in [6.45, 7) is 2.13. The van der Waals surface area contributed by atoms with Crippen LogP contribution >= 0.6 is 11.3 Å². The number of aromatic nitrogens is 1. The van der Waals surface area contributed by atoms with Crippen LogP contribution in [0.4, 0.5) is 5.69 Å². The summed E-state index contributed by atoms with van der Waals surface area (Å²) < 4.78 is 6.54. The van der Waals surface area contributed by atoms with Crippen LogP contribution in [0.25, 0.3) is 20.8 Å². The zero-order chi connectivity index (χ0) is 17.6. The zero-order valence-corrected chi connectivity index (χ0v) is 15.4. The Kier molecular flexibility index (Phi) is 5.66. The van der Waals surface area contributed by atoms with Crippen LogP contribution in [-0.4, -0.2) is 18.0 Å². The molecule has 0 spiro atoms. The SMILES string of the molecule is CCCCCC(=O)Nc1cc(-c2nc3ccccc3s2)ccc1OC. The average molecular weight is 354 g/mol. The van der Waals surface area contributed by atoms with Crippen molar-refractivity contribution in [1.82, 2.24) is 4.98 Å². The van der Waals surface area contributed by atoms with Gasteiger partial charge in [-0.05, 0) is 36.8 Å². The molecule has 5 heteroatoms. The van der Waals surface area contributed by atoms with Gasteiger partial charge < -0.3 is 10.1 Å². The second-order valence-electron chi connectivity index (χ2n) is 5.91. The summed E-state index contributed by atoms with van der Waals surface area (Å²) in [6, 6.07) is 13.9. The largest absolute Gasteiger partial charge is 0.495 e. The Morgan fingerprint density at radius 1 is 1.20 bits per heavy atom. The Morgan fingerprint density at radius 3 is 2.80 bits per heavy atom. The van der Waals surface area contributed by atoms with E-state index in [4.69, 9.17) is 4.74 Å². The lowest BCUT2D eigenvalue weighted by Crippen LogP contribution is -2.12. The topological polar surface area (TPSA) is 51.2 Å². The summed E-state index contributed by atoms with van der Waals surface area (Å²) in [5.74, 6) is 0.682. The number of thiazole rings is 1. The van der Waals surface area contributed by atoms with Crippen molar-refractivity contribution in [1.29, 1.82) is 0 Å². The predicted molar refractivity (Wildman–Crippen MR) is 104 cm³/mol. The summed E-state index contributed by atoms with van der Waals surface area (Å²) in [7, 11) is 1.61. The molecule has 0 aliphatic carbocycles. The third kappa shape index (κ3) is 4.17. The number of unbranched alkanes of at least 4 members (excludes halogenated alkanes) is 2. The average Bonchev–Trinajstić information content (AvgIpc) is 3.06. The minimum atomic E-state index is 0.0215. The van der Waals surface area contributed by atoms with Crippen LogP contribution in [0, 0.1) is 0 Å². The number of hydrogen-bond acceptors (Lipinski definition) is 4. The van der Waals surface area contributed by atoms with E-state index in [2.05, 4.69) is 23.3 Å². The Balaban J connectivity index is 1.85. The molecule has 0 aliphatic heterocycles. The number of rotatable bonds is 7. The van der Waals surface area contributed by atoms with E-state index in [1.54, 1.807) is 18.4 Å². The summed E-state index contributed by atoms with van der Waals surface area (Å²) in [5, 5.41) is 3.91. The Hall–Kier alpha value is -2.40. The van der Waals surface area contributed by atoms with E-state index in [1.807, 2.05) is 36.4 Å². The van der Waals surface area contributed by atoms with Gasteiger partial charge in [-0.25, -0.2) is 4.98 Å². The first-order valence-corrected chi connectivity index (χ1v) is 9.36. The van der Waals surface area contributed by atoms with Crippen molar-refractivity contribution < 1.29 is 9.53 Å². The predicted octanol–water partition coefficient (Wildman–Crippen LogP) is 5.49. The molecule has 25 heavy (non-hydrogen) atoms. The maximum Gasteiger partial charge on any atom is 0.224 e. The van der Waals surface area contributed by atoms with Gasteiger partial charge in [0.1, 0.15) is 10.8 Å². The first-order chi connectivity index (χ1) is 12.2. The number of ether oxygens (including phenoxy) is 1. The fourth-order valence-corrected chi connectivity index (χ4v) is 3.64. The summed E-state index contributed by atoms with van der Waals surface area (Å²) in [6.07, 6.45) is 3.60. The van der Waals surface area contributed by atoms with Crippen molar-refractivity contribution in [2.24, 2.45) is 0 Å². The Morgan fingerprint density at radius 2 is 2.04 bits per heavy atom. The molecular formula is C20H22N2O2S. The molecule has 0 bridgehead atoms. The zero-order valence-electron chi connectivity index (χ0n) is 14.5. The first-order valence-electron chi connectivity index (χ1n) is 8.55. The highest BCUT2D eigenvalue weighted by molar-refractivity contribution is 7.21. The molecule has 0 aliphatic rings. The number of nitrogens with zero attached hydrogens (tertiary/aromatic N) is 1. The molecule has 2 aromatic carbocycles. The van der Waals surface area contributed by atoms with E-state index in [9.17, 15) is 4.79 Å². The fourth-order valence-electron chi connectivity index (χ4n) is 2.68. The minimum absolute atomic E-state index is 0.0215. The van der Waals surface area contributed by atoms with Crippen LogP contribution in [-0.2, 0) is 4.79 Å². The molecule has 1 N–H and O–H groups in total. The molecule has 0 saturated heterocycles. The van der Waals surface area contributed by atoms with E-state index in [1.165, 1.54) is 0 Å². The van der Waals surface area contributed by atoms with Crippen LogP contribution in [0.15, 0.2) is 42.5 Å². The second kappa shape index (κ2) is 8.12. The highest BCUT2D eigenvalue weighted by atomic mass is 32.1. The maximum absolute atomic E-state index is 12.2. The van der Waals surface area contributed by atoms with E-state index in [0.717, 1.165) is 40.1 Å². The number of benzene rings is 2. The van der Waals surface area contributed by atoms with Gasteiger partial charge in [0.05, 0.1) is 23.0 Å². The quantitative estimate of drug-likeness (QED) is 0.571. The molecule has 0 saturated carbocycles. The number of carbonyl (C=O) groups excluding carboxylic acids is 1. The van der Waals surface area contributed by atoms with E-state index in [-0.39, 0.29) is 5.91 Å². The van der Waals surface area contributed by atoms with Crippen LogP contribution in [0.1, 0.15) is 32.6 Å². The van der Waals surface area contributed by atoms with Gasteiger partial charge in [0, 0.05) is 12.0 Å². The third-order valence-corrected chi connectivity index (χ3v) is 5.11. The molecule has 1 amide bonds. The number of nitrogens with one attached hydrogen (secondary N) is 1. The van der Waals surface area contributed by atoms with Gasteiger partial charge in [0.2, 0.25) is 5.91 Å². The Labute approximate surface area is 151 Å². The molecule has 3 rings (SSSR count). The third-order valence-electron chi connectivity index (χ3n) is 4.02. The monoisotopic (exact) mass is 354 g/mol. The number of anilines is 1. The highest BCUT2D eigenvalue weighted by Gasteiger charge is 2.12. The number of para-hydroxylation sites is 1. The number of hydrogen-bond donors (Lipinski definition) is 1. The number of carbonyl (C=O) groups is 1. The molecule has 1 heterocycles. The van der Waals surface area contributed by atoms with E-state index in [0.29, 0.717) is 17.9 Å². The van der Waals surface area contributed by atoms with Crippen molar-refractivity contribution >= 4 is 33.1 Å². The first kappa shape index (κ1) is 17.4. The van der Waals surface area contributed by atoms with Gasteiger partial charge in [-0.2, -0.15) is 0 Å². The number of methoxy groups -OCH3 is 1. The van der Waals surface area contributed by atoms with Crippen molar-refractivity contribution in [2.75, 3.05) is 12.4 Å². The van der Waals surface area contributed by atoms with Crippen molar-refractivity contribution in [3.8, 4) is 16.3 Å². The summed E-state index contributed by atoms with van der Waals surface area (Å²) >= 11 is 1.64. The minimum Gasteiger partial charge on any atom is -0.495 e. The maximum atomic E-state index is 12.2. The van der Waals surface area contributed by atoms with Crippen LogP contribution in [0.2, 0.25) is 0 Å². The fraction of sp³-hybridized carbons (Fsp3) is 0.300. The number of fused-ring (bicyclic) bond motifs is 1. The van der Waals surface area contributed by atoms with E-state index < -0.39 is 0 Å². The molecule has 1 aromatic heterocycles. The normalized spacial score (nSPS) is 10.8. The van der Waals surface area contributed by atoms with Gasteiger partial charge in [-0.15, -0.1) is 11.3 Å². The molecular weight excluding hydrogens is 332 g/mol. The lowest BCUT2D eigenvalue weighted by Gasteiger charge is -2.11. The molecule has 4 nitrogen and oxygen atoms in total. The van der Waals surface area contributed by atoms with Gasteiger partial charge in [-0.1, -0.05) is 31.9 Å². The van der Waals surface area contributed by atoms with Gasteiger partial charge in [0.25, 0.3) is 0 Å². The molecule has 0 unspecified atom stereocenters. The van der Waals surface area contributed by atoms with E-state index >= 15 is 0 Å². The second-order valence-corrected chi connectivity index (χ2v) is 6.94. The highest BCUT2D eigenvalue weighted by Crippen LogP contribution is 2.34. The number of amides is 1. The molecule has 0 fully saturated rings. The smallest absolute Gasteiger partial charge is 0.224 e.